The summed E-state index contributed by atoms with van der Waals surface area (Å²) in [5.41, 5.74) is 15.8. The van der Waals surface area contributed by atoms with Crippen LogP contribution in [-0.2, 0) is 0 Å². The molecule has 2 aromatic carbocycles. The number of allylic oxidation sites excluding steroid dienone is 1. The maximum absolute atomic E-state index is 6.23. The Morgan fingerprint density at radius 2 is 1.93 bits per heavy atom. The number of hydrazine groups is 1. The predicted molar refractivity (Wildman–Crippen MR) is 121 cm³/mol. The molecule has 0 radical (unpaired) electrons. The highest BCUT2D eigenvalue weighted by molar-refractivity contribution is 5.99. The van der Waals surface area contributed by atoms with Crippen molar-refractivity contribution in [2.24, 2.45) is 16.6 Å². The van der Waals surface area contributed by atoms with Gasteiger partial charge >= 0.3 is 0 Å². The maximum Gasteiger partial charge on any atom is 0.149 e. The summed E-state index contributed by atoms with van der Waals surface area (Å²) in [4.78, 5) is 14.8. The van der Waals surface area contributed by atoms with E-state index < -0.39 is 0 Å². The molecule has 0 spiro atoms. The normalized spacial score (nSPS) is 14.9. The Bertz CT molecular complexity index is 1060. The summed E-state index contributed by atoms with van der Waals surface area (Å²) < 4.78 is 0. The van der Waals surface area contributed by atoms with Gasteiger partial charge in [-0.05, 0) is 66.6 Å². The lowest BCUT2D eigenvalue weighted by molar-refractivity contribution is 0.174. The Hall–Kier alpha value is -3.38. The third kappa shape index (κ3) is 4.96. The first-order chi connectivity index (χ1) is 14.6. The van der Waals surface area contributed by atoms with Crippen LogP contribution >= 0.6 is 0 Å². The number of fused-ring (bicyclic) bond motifs is 1. The fourth-order valence-corrected chi connectivity index (χ4v) is 3.16. The number of benzene rings is 2. The first-order valence-electron chi connectivity index (χ1n) is 10.3. The molecule has 4 N–H and O–H groups in total. The van der Waals surface area contributed by atoms with Gasteiger partial charge < -0.3 is 10.6 Å². The molecule has 1 aliphatic rings. The monoisotopic (exact) mass is 401 g/mol. The summed E-state index contributed by atoms with van der Waals surface area (Å²) in [6.07, 6.45) is 5.89. The predicted octanol–water partition coefficient (Wildman–Crippen LogP) is 4.73. The number of nitrogens with two attached hydrogens (primary N) is 1. The fraction of sp³-hybridized carbons (Fsp3) is 0.250. The number of nitrogens with one attached hydrogen (secondary N) is 2. The molecule has 3 aromatic rings. The van der Waals surface area contributed by atoms with Gasteiger partial charge in [0, 0.05) is 23.4 Å². The van der Waals surface area contributed by atoms with E-state index in [0.717, 1.165) is 35.1 Å². The number of amidine groups is 1. The van der Waals surface area contributed by atoms with Crippen LogP contribution in [0, 0.1) is 5.92 Å². The molecule has 154 valence electrons. The van der Waals surface area contributed by atoms with Gasteiger partial charge in [-0.3, -0.25) is 10.4 Å². The van der Waals surface area contributed by atoms with E-state index in [9.17, 15) is 0 Å². The van der Waals surface area contributed by atoms with Gasteiger partial charge in [0.1, 0.15) is 11.6 Å². The molecule has 0 bridgehead atoms. The standard InChI is InChI=1S/C24H27N5O/c1-16(2)17-10-12-19(13-11-17)30-29-28-24(15-21(25)18-8-9-18)27-23-7-3-6-22-20(23)5-4-14-26-22/h3-7,10-16,18,29H,8-9,25H2,1-2H3,(H,27,28)/b21-15-. The molecule has 1 heterocycles. The van der Waals surface area contributed by atoms with Crippen molar-refractivity contribution in [3.63, 3.8) is 0 Å². The molecule has 0 aliphatic heterocycles. The van der Waals surface area contributed by atoms with Gasteiger partial charge in [0.25, 0.3) is 0 Å². The topological polar surface area (TPSA) is 84.6 Å². The van der Waals surface area contributed by atoms with E-state index in [4.69, 9.17) is 15.6 Å². The highest BCUT2D eigenvalue weighted by Gasteiger charge is 2.24. The summed E-state index contributed by atoms with van der Waals surface area (Å²) in [5, 5.41) is 0.975. The number of rotatable bonds is 7. The summed E-state index contributed by atoms with van der Waals surface area (Å²) in [7, 11) is 0. The van der Waals surface area contributed by atoms with Crippen LogP contribution in [0.3, 0.4) is 0 Å². The Kier molecular flexibility index (Phi) is 5.95. The zero-order valence-corrected chi connectivity index (χ0v) is 17.3. The third-order valence-corrected chi connectivity index (χ3v) is 5.11. The van der Waals surface area contributed by atoms with Crippen LogP contribution in [0.25, 0.3) is 10.9 Å². The summed E-state index contributed by atoms with van der Waals surface area (Å²) >= 11 is 0. The average molecular weight is 402 g/mol. The van der Waals surface area contributed by atoms with Crippen LogP contribution in [-0.4, -0.2) is 10.8 Å². The minimum atomic E-state index is 0.440. The lowest BCUT2D eigenvalue weighted by Gasteiger charge is -2.12. The van der Waals surface area contributed by atoms with Gasteiger partial charge in [-0.15, -0.1) is 0 Å². The summed E-state index contributed by atoms with van der Waals surface area (Å²) in [5.74, 6) is 2.21. The van der Waals surface area contributed by atoms with Crippen molar-refractivity contribution in [1.82, 2.24) is 16.0 Å². The van der Waals surface area contributed by atoms with E-state index in [0.29, 0.717) is 23.4 Å². The Labute approximate surface area is 176 Å². The van der Waals surface area contributed by atoms with Crippen LogP contribution < -0.4 is 21.6 Å². The second-order valence-electron chi connectivity index (χ2n) is 7.82. The molecule has 1 saturated carbocycles. The van der Waals surface area contributed by atoms with Crippen LogP contribution in [0.1, 0.15) is 38.2 Å². The van der Waals surface area contributed by atoms with Crippen molar-refractivity contribution in [2.45, 2.75) is 32.6 Å². The zero-order valence-electron chi connectivity index (χ0n) is 17.3. The summed E-state index contributed by atoms with van der Waals surface area (Å²) in [6.45, 7) is 4.33. The molecule has 30 heavy (non-hydrogen) atoms. The van der Waals surface area contributed by atoms with Crippen molar-refractivity contribution in [2.75, 3.05) is 0 Å². The van der Waals surface area contributed by atoms with Gasteiger partial charge in [0.05, 0.1) is 11.2 Å². The number of aromatic nitrogens is 1. The minimum absolute atomic E-state index is 0.440. The van der Waals surface area contributed by atoms with Crippen molar-refractivity contribution < 1.29 is 4.84 Å². The number of hydrogen-bond donors (Lipinski definition) is 3. The van der Waals surface area contributed by atoms with Crippen molar-refractivity contribution in [1.29, 1.82) is 0 Å². The zero-order chi connectivity index (χ0) is 20.9. The second-order valence-corrected chi connectivity index (χ2v) is 7.82. The Morgan fingerprint density at radius 1 is 1.13 bits per heavy atom. The van der Waals surface area contributed by atoms with E-state index in [1.807, 2.05) is 48.5 Å². The molecule has 0 unspecified atom stereocenters. The molecule has 0 saturated heterocycles. The number of aliphatic imine (C=N–C) groups is 1. The lowest BCUT2D eigenvalue weighted by Crippen LogP contribution is -2.39. The first kappa shape index (κ1) is 19.9. The third-order valence-electron chi connectivity index (χ3n) is 5.11. The van der Waals surface area contributed by atoms with Crippen LogP contribution in [0.2, 0.25) is 0 Å². The Balaban J connectivity index is 1.52. The second kappa shape index (κ2) is 8.97. The lowest BCUT2D eigenvalue weighted by atomic mass is 10.0. The largest absolute Gasteiger partial charge is 0.402 e. The number of pyridine rings is 1. The van der Waals surface area contributed by atoms with Crippen molar-refractivity contribution >= 4 is 22.4 Å². The van der Waals surface area contributed by atoms with Gasteiger partial charge in [0.15, 0.2) is 0 Å². The van der Waals surface area contributed by atoms with Gasteiger partial charge in [-0.2, -0.15) is 0 Å². The molecule has 0 amide bonds. The molecule has 1 aromatic heterocycles. The smallest absolute Gasteiger partial charge is 0.149 e. The minimum Gasteiger partial charge on any atom is -0.402 e. The van der Waals surface area contributed by atoms with Gasteiger partial charge in [-0.1, -0.05) is 37.6 Å². The van der Waals surface area contributed by atoms with Gasteiger partial charge in [0.2, 0.25) is 0 Å². The van der Waals surface area contributed by atoms with Crippen LogP contribution in [0.5, 0.6) is 5.75 Å². The van der Waals surface area contributed by atoms with Crippen LogP contribution in [0.4, 0.5) is 5.69 Å². The van der Waals surface area contributed by atoms with E-state index in [-0.39, 0.29) is 0 Å². The van der Waals surface area contributed by atoms with E-state index in [2.05, 4.69) is 42.0 Å². The number of hydrogen-bond acceptors (Lipinski definition) is 5. The molecule has 0 atom stereocenters. The molecule has 1 fully saturated rings. The van der Waals surface area contributed by atoms with E-state index in [1.165, 1.54) is 5.56 Å². The van der Waals surface area contributed by atoms with Crippen molar-refractivity contribution in [3.8, 4) is 5.75 Å². The Morgan fingerprint density at radius 3 is 2.67 bits per heavy atom. The molecule has 6 nitrogen and oxygen atoms in total. The average Bonchev–Trinajstić information content (AvgIpc) is 3.60. The molecule has 4 rings (SSSR count). The fourth-order valence-electron chi connectivity index (χ4n) is 3.16. The highest BCUT2D eigenvalue weighted by Crippen LogP contribution is 2.33. The molecule has 1 aliphatic carbocycles. The van der Waals surface area contributed by atoms with E-state index in [1.54, 1.807) is 6.20 Å². The van der Waals surface area contributed by atoms with Crippen molar-refractivity contribution in [3.05, 3.63) is 78.1 Å². The SMILES string of the molecule is CC(C)c1ccc(ONNC(/C=C(\N)C2CC2)=Nc2cccc3ncccc23)cc1. The summed E-state index contributed by atoms with van der Waals surface area (Å²) in [6, 6.07) is 17.8. The molecular weight excluding hydrogens is 374 g/mol. The van der Waals surface area contributed by atoms with Crippen LogP contribution in [0.15, 0.2) is 77.6 Å². The van der Waals surface area contributed by atoms with Gasteiger partial charge in [-0.25, -0.2) is 4.99 Å². The van der Waals surface area contributed by atoms with E-state index >= 15 is 0 Å². The molecular formula is C24H27N5O. The highest BCUT2D eigenvalue weighted by atomic mass is 16.7. The molecule has 6 heteroatoms. The maximum atomic E-state index is 6.23. The number of nitrogens with zero attached hydrogens (tertiary/aromatic N) is 2. The first-order valence-corrected chi connectivity index (χ1v) is 10.3. The quantitative estimate of drug-likeness (QED) is 0.303.